The van der Waals surface area contributed by atoms with Crippen molar-refractivity contribution in [1.82, 2.24) is 20.2 Å². The number of furan rings is 1. The number of nitrogens with one attached hydrogen (secondary N) is 1. The number of aromatic nitrogens is 3. The second kappa shape index (κ2) is 5.51. The normalized spacial score (nSPS) is 13.2. The van der Waals surface area contributed by atoms with Crippen LogP contribution in [0.15, 0.2) is 23.1 Å². The van der Waals surface area contributed by atoms with Gasteiger partial charge in [0.1, 0.15) is 12.2 Å². The summed E-state index contributed by atoms with van der Waals surface area (Å²) in [6.07, 6.45) is 3.67. The molecule has 98 valence electrons. The van der Waals surface area contributed by atoms with Gasteiger partial charge in [-0.3, -0.25) is 11.3 Å². The number of hydrogen-bond acceptors (Lipinski definition) is 5. The van der Waals surface area contributed by atoms with Crippen LogP contribution in [0.1, 0.15) is 37.3 Å². The Balaban J connectivity index is 2.21. The van der Waals surface area contributed by atoms with Gasteiger partial charge < -0.3 is 4.42 Å². The van der Waals surface area contributed by atoms with Crippen molar-refractivity contribution in [1.29, 1.82) is 0 Å². The lowest BCUT2D eigenvalue weighted by Gasteiger charge is -2.16. The van der Waals surface area contributed by atoms with Crippen molar-refractivity contribution in [2.75, 3.05) is 0 Å². The molecule has 0 aromatic carbocycles. The van der Waals surface area contributed by atoms with Crippen molar-refractivity contribution in [3.8, 4) is 0 Å². The maximum atomic E-state index is 5.95. The fourth-order valence-electron chi connectivity index (χ4n) is 1.85. The van der Waals surface area contributed by atoms with Gasteiger partial charge in [-0.2, -0.15) is 5.10 Å². The van der Waals surface area contributed by atoms with Crippen molar-refractivity contribution in [2.24, 2.45) is 5.84 Å². The summed E-state index contributed by atoms with van der Waals surface area (Å²) in [7, 11) is 0. The van der Waals surface area contributed by atoms with Crippen LogP contribution >= 0.6 is 11.6 Å². The molecule has 0 fully saturated rings. The fourth-order valence-corrected chi connectivity index (χ4v) is 2.09. The molecule has 0 amide bonds. The third-order valence-electron chi connectivity index (χ3n) is 2.75. The second-order valence-corrected chi connectivity index (χ2v) is 4.63. The Morgan fingerprint density at radius 2 is 2.33 bits per heavy atom. The average molecular weight is 270 g/mol. The minimum Gasteiger partial charge on any atom is -0.453 e. The molecular weight excluding hydrogens is 254 g/mol. The van der Waals surface area contributed by atoms with E-state index >= 15 is 0 Å². The molecule has 0 bridgehead atoms. The van der Waals surface area contributed by atoms with Crippen LogP contribution in [-0.4, -0.2) is 14.8 Å². The number of halogens is 1. The first-order valence-corrected chi connectivity index (χ1v) is 6.08. The summed E-state index contributed by atoms with van der Waals surface area (Å²) in [5.41, 5.74) is 3.54. The summed E-state index contributed by atoms with van der Waals surface area (Å²) in [4.78, 5) is 4.25. The molecule has 2 aromatic rings. The quantitative estimate of drug-likeness (QED) is 0.639. The van der Waals surface area contributed by atoms with E-state index in [0.29, 0.717) is 11.6 Å². The van der Waals surface area contributed by atoms with Crippen molar-refractivity contribution in [3.05, 3.63) is 35.3 Å². The van der Waals surface area contributed by atoms with Crippen molar-refractivity contribution in [2.45, 2.75) is 32.4 Å². The zero-order chi connectivity index (χ0) is 13.1. The first-order valence-electron chi connectivity index (χ1n) is 5.71. The van der Waals surface area contributed by atoms with E-state index in [2.05, 4.69) is 15.5 Å². The monoisotopic (exact) mass is 269 g/mol. The predicted molar refractivity (Wildman–Crippen MR) is 67.9 cm³/mol. The van der Waals surface area contributed by atoms with Crippen molar-refractivity contribution >= 4 is 11.6 Å². The van der Waals surface area contributed by atoms with Gasteiger partial charge >= 0.3 is 0 Å². The van der Waals surface area contributed by atoms with Gasteiger partial charge in [0.15, 0.2) is 5.22 Å². The van der Waals surface area contributed by atoms with Crippen LogP contribution in [-0.2, 0) is 6.42 Å². The first-order chi connectivity index (χ1) is 8.63. The lowest BCUT2D eigenvalue weighted by Crippen LogP contribution is -2.30. The molecule has 0 aliphatic heterocycles. The van der Waals surface area contributed by atoms with Crippen LogP contribution in [0.25, 0.3) is 0 Å². The van der Waals surface area contributed by atoms with Crippen LogP contribution in [0.5, 0.6) is 0 Å². The fraction of sp³-hybridized carbons (Fsp3) is 0.455. The second-order valence-electron chi connectivity index (χ2n) is 4.29. The SMILES string of the molecule is CC(C)n1ncnc1CC(NN)c1ccoc1Cl. The van der Waals surface area contributed by atoms with E-state index in [0.717, 1.165) is 11.4 Å². The van der Waals surface area contributed by atoms with E-state index in [9.17, 15) is 0 Å². The molecule has 0 saturated heterocycles. The van der Waals surface area contributed by atoms with E-state index in [1.54, 1.807) is 12.4 Å². The Kier molecular flexibility index (Phi) is 4.00. The lowest BCUT2D eigenvalue weighted by molar-refractivity contribution is 0.465. The van der Waals surface area contributed by atoms with E-state index in [1.807, 2.05) is 18.5 Å². The summed E-state index contributed by atoms with van der Waals surface area (Å²) < 4.78 is 6.93. The lowest BCUT2D eigenvalue weighted by atomic mass is 10.1. The third kappa shape index (κ3) is 2.55. The zero-order valence-corrected chi connectivity index (χ0v) is 11.1. The van der Waals surface area contributed by atoms with E-state index < -0.39 is 0 Å². The molecule has 2 heterocycles. The molecule has 1 unspecified atom stereocenters. The van der Waals surface area contributed by atoms with Crippen molar-refractivity contribution in [3.63, 3.8) is 0 Å². The van der Waals surface area contributed by atoms with Crippen LogP contribution in [0.2, 0.25) is 5.22 Å². The summed E-state index contributed by atoms with van der Waals surface area (Å²) in [6, 6.07) is 1.89. The molecule has 0 spiro atoms. The Morgan fingerprint density at radius 3 is 2.89 bits per heavy atom. The number of rotatable bonds is 5. The highest BCUT2D eigenvalue weighted by molar-refractivity contribution is 6.29. The maximum Gasteiger partial charge on any atom is 0.197 e. The molecule has 2 rings (SSSR count). The first kappa shape index (κ1) is 13.1. The number of nitrogens with zero attached hydrogens (tertiary/aromatic N) is 3. The number of hydrazine groups is 1. The Bertz CT molecular complexity index is 507. The molecule has 0 saturated carbocycles. The summed E-state index contributed by atoms with van der Waals surface area (Å²) in [5.74, 6) is 6.42. The zero-order valence-electron chi connectivity index (χ0n) is 10.3. The maximum absolute atomic E-state index is 5.95. The predicted octanol–water partition coefficient (Wildman–Crippen LogP) is 1.85. The molecule has 0 aliphatic carbocycles. The molecular formula is C11H16ClN5O. The molecule has 1 atom stereocenters. The van der Waals surface area contributed by atoms with Gasteiger partial charge in [0.25, 0.3) is 0 Å². The minimum absolute atomic E-state index is 0.155. The Labute approximate surface area is 110 Å². The highest BCUT2D eigenvalue weighted by atomic mass is 35.5. The van der Waals surface area contributed by atoms with Gasteiger partial charge in [0, 0.05) is 18.0 Å². The van der Waals surface area contributed by atoms with Crippen LogP contribution in [0.4, 0.5) is 0 Å². The van der Waals surface area contributed by atoms with Gasteiger partial charge in [-0.05, 0) is 31.5 Å². The average Bonchev–Trinajstić information content (AvgIpc) is 2.94. The van der Waals surface area contributed by atoms with Gasteiger partial charge in [-0.25, -0.2) is 9.67 Å². The largest absolute Gasteiger partial charge is 0.453 e. The molecule has 6 nitrogen and oxygen atoms in total. The highest BCUT2D eigenvalue weighted by Crippen LogP contribution is 2.26. The summed E-state index contributed by atoms with van der Waals surface area (Å²) in [5, 5.41) is 4.53. The minimum atomic E-state index is -0.155. The van der Waals surface area contributed by atoms with Crippen LogP contribution in [0, 0.1) is 0 Å². The van der Waals surface area contributed by atoms with Gasteiger partial charge in [-0.1, -0.05) is 0 Å². The Morgan fingerprint density at radius 1 is 1.56 bits per heavy atom. The third-order valence-corrected chi connectivity index (χ3v) is 3.05. The molecule has 2 aromatic heterocycles. The highest BCUT2D eigenvalue weighted by Gasteiger charge is 2.19. The summed E-state index contributed by atoms with van der Waals surface area (Å²) in [6.45, 7) is 4.10. The molecule has 3 N–H and O–H groups in total. The number of nitrogens with two attached hydrogens (primary N) is 1. The standard InChI is InChI=1S/C11H16ClN5O/c1-7(2)17-10(14-6-15-17)5-9(16-13)8-3-4-18-11(8)12/h3-4,6-7,9,16H,5,13H2,1-2H3. The van der Waals surface area contributed by atoms with Gasteiger partial charge in [-0.15, -0.1) is 0 Å². The number of hydrogen-bond donors (Lipinski definition) is 2. The van der Waals surface area contributed by atoms with E-state index in [-0.39, 0.29) is 12.1 Å². The molecule has 18 heavy (non-hydrogen) atoms. The molecule has 0 aliphatic rings. The van der Waals surface area contributed by atoms with Crippen molar-refractivity contribution < 1.29 is 4.42 Å². The molecule has 0 radical (unpaired) electrons. The van der Waals surface area contributed by atoms with E-state index in [4.69, 9.17) is 21.9 Å². The van der Waals surface area contributed by atoms with Gasteiger partial charge in [0.2, 0.25) is 0 Å². The Hall–Kier alpha value is -1.37. The molecule has 7 heteroatoms. The van der Waals surface area contributed by atoms with E-state index in [1.165, 1.54) is 6.26 Å². The summed E-state index contributed by atoms with van der Waals surface area (Å²) >= 11 is 5.95. The van der Waals surface area contributed by atoms with Gasteiger partial charge in [0.05, 0.1) is 12.3 Å². The smallest absolute Gasteiger partial charge is 0.197 e. The van der Waals surface area contributed by atoms with Crippen LogP contribution in [0.3, 0.4) is 0 Å². The van der Waals surface area contributed by atoms with Crippen LogP contribution < -0.4 is 11.3 Å². The topological polar surface area (TPSA) is 81.9 Å².